The molecule has 0 amide bonds. The molecule has 3 aromatic rings. The van der Waals surface area contributed by atoms with Crippen LogP contribution in [0.25, 0.3) is 0 Å². The van der Waals surface area contributed by atoms with Gasteiger partial charge in [0.15, 0.2) is 0 Å². The van der Waals surface area contributed by atoms with Crippen LogP contribution in [0.3, 0.4) is 0 Å². The Hall–Kier alpha value is -2.38. The predicted octanol–water partition coefficient (Wildman–Crippen LogP) is 3.95. The van der Waals surface area contributed by atoms with Gasteiger partial charge >= 0.3 is 5.69 Å². The molecule has 5 nitrogen and oxygen atoms in total. The molecule has 2 heterocycles. The van der Waals surface area contributed by atoms with E-state index in [0.29, 0.717) is 6.54 Å². The van der Waals surface area contributed by atoms with Crippen molar-refractivity contribution in [1.82, 2.24) is 9.55 Å². The third-order valence-electron chi connectivity index (χ3n) is 4.60. The minimum absolute atomic E-state index is 0.0831. The molecule has 0 aliphatic carbocycles. The third-order valence-corrected chi connectivity index (χ3v) is 6.48. The van der Waals surface area contributed by atoms with Crippen molar-refractivity contribution < 1.29 is 0 Å². The van der Waals surface area contributed by atoms with Gasteiger partial charge in [0.2, 0.25) is 0 Å². The minimum Gasteiger partial charge on any atom is -0.334 e. The van der Waals surface area contributed by atoms with Gasteiger partial charge in [0, 0.05) is 33.0 Å². The van der Waals surface area contributed by atoms with Crippen molar-refractivity contribution in [3.05, 3.63) is 75.6 Å². The largest absolute Gasteiger partial charge is 0.334 e. The van der Waals surface area contributed by atoms with Gasteiger partial charge < -0.3 is 9.88 Å². The molecule has 1 N–H and O–H groups in total. The number of fused-ring (bicyclic) bond motifs is 2. The molecule has 27 heavy (non-hydrogen) atoms. The highest BCUT2D eigenvalue weighted by Gasteiger charge is 2.29. The smallest absolute Gasteiger partial charge is 0.328 e. The van der Waals surface area contributed by atoms with Crippen molar-refractivity contribution in [1.29, 1.82) is 0 Å². The maximum atomic E-state index is 12.2. The number of nitrogens with zero attached hydrogens (tertiary/aromatic N) is 2. The topological polar surface area (TPSA) is 58.1 Å². The van der Waals surface area contributed by atoms with E-state index in [1.165, 1.54) is 31.5 Å². The second-order valence-corrected chi connectivity index (χ2v) is 8.26. The molecule has 0 spiro atoms. The van der Waals surface area contributed by atoms with Crippen molar-refractivity contribution in [2.75, 3.05) is 11.2 Å². The van der Waals surface area contributed by atoms with E-state index >= 15 is 0 Å². The summed E-state index contributed by atoms with van der Waals surface area (Å²) in [7, 11) is 0. The van der Waals surface area contributed by atoms with Gasteiger partial charge in [-0.3, -0.25) is 9.36 Å². The van der Waals surface area contributed by atoms with Crippen LogP contribution in [0.15, 0.2) is 79.0 Å². The summed E-state index contributed by atoms with van der Waals surface area (Å²) in [4.78, 5) is 32.7. The van der Waals surface area contributed by atoms with Crippen LogP contribution in [0, 0.1) is 0 Å². The fourth-order valence-corrected chi connectivity index (χ4v) is 5.18. The molecule has 7 heteroatoms. The van der Waals surface area contributed by atoms with E-state index in [0.717, 1.165) is 11.4 Å². The first kappa shape index (κ1) is 18.0. The van der Waals surface area contributed by atoms with Crippen molar-refractivity contribution in [2.45, 2.75) is 34.2 Å². The number of rotatable bonds is 4. The zero-order valence-corrected chi connectivity index (χ0v) is 16.6. The quantitative estimate of drug-likeness (QED) is 0.676. The normalized spacial score (nSPS) is 13.8. The first-order valence-corrected chi connectivity index (χ1v) is 10.7. The molecule has 2 aromatic carbocycles. The summed E-state index contributed by atoms with van der Waals surface area (Å²) in [5, 5.41) is 0. The summed E-state index contributed by atoms with van der Waals surface area (Å²) < 4.78 is 1.26. The molecule has 1 atom stereocenters. The second kappa shape index (κ2) is 7.32. The lowest BCUT2D eigenvalue weighted by molar-refractivity contribution is 0.535. The van der Waals surface area contributed by atoms with Crippen LogP contribution in [-0.4, -0.2) is 21.8 Å². The van der Waals surface area contributed by atoms with E-state index in [2.05, 4.69) is 46.5 Å². The van der Waals surface area contributed by atoms with Crippen LogP contribution in [0.5, 0.6) is 0 Å². The number of hydrogen-bond donors (Lipinski definition) is 1. The fourth-order valence-electron chi connectivity index (χ4n) is 3.40. The van der Waals surface area contributed by atoms with Crippen LogP contribution in [0.2, 0.25) is 0 Å². The van der Waals surface area contributed by atoms with Gasteiger partial charge in [-0.05, 0) is 37.4 Å². The van der Waals surface area contributed by atoms with Crippen LogP contribution in [0.4, 0.5) is 11.4 Å². The molecule has 0 radical (unpaired) electrons. The van der Waals surface area contributed by atoms with Gasteiger partial charge in [0.25, 0.3) is 5.56 Å². The number of hydrogen-bond acceptors (Lipinski definition) is 5. The average molecular weight is 398 g/mol. The van der Waals surface area contributed by atoms with Crippen molar-refractivity contribution in [3.8, 4) is 0 Å². The number of anilines is 2. The maximum absolute atomic E-state index is 12.2. The molecular formula is C20H19N3O2S2. The molecule has 0 bridgehead atoms. The van der Waals surface area contributed by atoms with Crippen LogP contribution < -0.4 is 16.1 Å². The van der Waals surface area contributed by atoms with Gasteiger partial charge in [0.1, 0.15) is 0 Å². The lowest BCUT2D eigenvalue weighted by Crippen LogP contribution is -2.42. The van der Waals surface area contributed by atoms with E-state index in [9.17, 15) is 9.59 Å². The molecule has 1 aliphatic heterocycles. The van der Waals surface area contributed by atoms with Gasteiger partial charge in [-0.2, -0.15) is 0 Å². The highest BCUT2D eigenvalue weighted by atomic mass is 32.2. The van der Waals surface area contributed by atoms with E-state index < -0.39 is 0 Å². The zero-order chi connectivity index (χ0) is 19.0. The Labute approximate surface area is 165 Å². The van der Waals surface area contributed by atoms with E-state index in [4.69, 9.17) is 0 Å². The van der Waals surface area contributed by atoms with Crippen molar-refractivity contribution in [2.24, 2.45) is 0 Å². The lowest BCUT2D eigenvalue weighted by Gasteiger charge is -2.38. The molecule has 1 aliphatic rings. The summed E-state index contributed by atoms with van der Waals surface area (Å²) in [6.45, 7) is 2.35. The fraction of sp³-hybridized carbons (Fsp3) is 0.200. The molecule has 1 aromatic heterocycles. The Balaban J connectivity index is 1.84. The Morgan fingerprint density at radius 2 is 1.85 bits per heavy atom. The molecule has 138 valence electrons. The summed E-state index contributed by atoms with van der Waals surface area (Å²) in [5.41, 5.74) is 1.57. The third kappa shape index (κ3) is 3.21. The first-order chi connectivity index (χ1) is 13.1. The number of nitrogens with one attached hydrogen (secondary N) is 1. The first-order valence-electron chi connectivity index (χ1n) is 8.62. The number of para-hydroxylation sites is 2. The Bertz CT molecular complexity index is 1080. The van der Waals surface area contributed by atoms with E-state index in [-0.39, 0.29) is 17.3 Å². The number of aromatic nitrogens is 2. The van der Waals surface area contributed by atoms with Crippen LogP contribution in [-0.2, 0) is 6.54 Å². The molecule has 0 fully saturated rings. The summed E-state index contributed by atoms with van der Waals surface area (Å²) in [5.74, 6) is 0. The Morgan fingerprint density at radius 1 is 1.07 bits per heavy atom. The Kier molecular flexibility index (Phi) is 4.88. The standard InChI is InChI=1S/C20H19N3O2S2/c1-13(12-22-18(24)10-11-21-20(22)25)23-14-6-3-4-7-15(14)27-17-9-5-8-16(26-2)19(17)23/h3-11,13H,12H2,1-2H3,(H,21,25). The monoisotopic (exact) mass is 397 g/mol. The second-order valence-electron chi connectivity index (χ2n) is 6.33. The number of benzene rings is 2. The average Bonchev–Trinajstić information content (AvgIpc) is 2.68. The van der Waals surface area contributed by atoms with E-state index in [1.807, 2.05) is 19.1 Å². The minimum atomic E-state index is -0.382. The maximum Gasteiger partial charge on any atom is 0.328 e. The predicted molar refractivity (Wildman–Crippen MR) is 112 cm³/mol. The van der Waals surface area contributed by atoms with Gasteiger partial charge in [0.05, 0.1) is 17.9 Å². The molecule has 0 saturated heterocycles. The molecular weight excluding hydrogens is 378 g/mol. The van der Waals surface area contributed by atoms with Gasteiger partial charge in [-0.1, -0.05) is 30.0 Å². The highest BCUT2D eigenvalue weighted by Crippen LogP contribution is 2.51. The van der Waals surface area contributed by atoms with Crippen LogP contribution in [0.1, 0.15) is 6.92 Å². The lowest BCUT2D eigenvalue weighted by atomic mass is 10.1. The summed E-state index contributed by atoms with van der Waals surface area (Å²) >= 11 is 3.45. The van der Waals surface area contributed by atoms with Crippen molar-refractivity contribution in [3.63, 3.8) is 0 Å². The Morgan fingerprint density at radius 3 is 2.63 bits per heavy atom. The SMILES string of the molecule is CSc1cccc2c1N(C(C)Cn1c(=O)cc[nH]c1=O)c1ccccc1S2. The molecule has 1 unspecified atom stereocenters. The van der Waals surface area contributed by atoms with Gasteiger partial charge in [-0.25, -0.2) is 4.79 Å². The number of thioether (sulfide) groups is 1. The highest BCUT2D eigenvalue weighted by molar-refractivity contribution is 8.00. The molecule has 0 saturated carbocycles. The van der Waals surface area contributed by atoms with Crippen molar-refractivity contribution >= 4 is 34.9 Å². The number of aromatic amines is 1. The number of H-pyrrole nitrogens is 1. The summed E-state index contributed by atoms with van der Waals surface area (Å²) in [6.07, 6.45) is 3.45. The van der Waals surface area contributed by atoms with Crippen LogP contribution >= 0.6 is 23.5 Å². The zero-order valence-electron chi connectivity index (χ0n) is 15.0. The molecule has 4 rings (SSSR count). The van der Waals surface area contributed by atoms with E-state index in [1.54, 1.807) is 23.5 Å². The summed E-state index contributed by atoms with van der Waals surface area (Å²) in [6, 6.07) is 15.9. The van der Waals surface area contributed by atoms with Gasteiger partial charge in [-0.15, -0.1) is 11.8 Å².